The van der Waals surface area contributed by atoms with E-state index >= 15 is 0 Å². The van der Waals surface area contributed by atoms with Crippen LogP contribution in [0.1, 0.15) is 37.5 Å². The first-order chi connectivity index (χ1) is 9.17. The zero-order valence-corrected chi connectivity index (χ0v) is 14.0. The lowest BCUT2D eigenvalue weighted by Crippen LogP contribution is -2.62. The summed E-state index contributed by atoms with van der Waals surface area (Å²) in [4.78, 5) is 4.20. The number of rotatable bonds is 3. The molecule has 2 nitrogen and oxygen atoms in total. The minimum absolute atomic E-state index is 0.447. The first-order valence-corrected chi connectivity index (χ1v) is 9.01. The molecule has 0 amide bonds. The molecular formula is C15H23BrN2S. The quantitative estimate of drug-likeness (QED) is 0.901. The third kappa shape index (κ3) is 3.23. The number of hydrogen-bond donors (Lipinski definition) is 1. The molecule has 19 heavy (non-hydrogen) atoms. The first-order valence-electron chi connectivity index (χ1n) is 7.40. The average molecular weight is 343 g/mol. The van der Waals surface area contributed by atoms with Crippen molar-refractivity contribution < 1.29 is 0 Å². The van der Waals surface area contributed by atoms with Crippen LogP contribution < -0.4 is 5.32 Å². The van der Waals surface area contributed by atoms with Crippen LogP contribution in [0.3, 0.4) is 0 Å². The van der Waals surface area contributed by atoms with Crippen molar-refractivity contribution in [3.63, 3.8) is 0 Å². The summed E-state index contributed by atoms with van der Waals surface area (Å²) in [7, 11) is 0. The van der Waals surface area contributed by atoms with Gasteiger partial charge in [0, 0.05) is 36.1 Å². The van der Waals surface area contributed by atoms with Gasteiger partial charge in [-0.15, -0.1) is 11.3 Å². The van der Waals surface area contributed by atoms with E-state index in [-0.39, 0.29) is 0 Å². The number of thiophene rings is 1. The van der Waals surface area contributed by atoms with E-state index in [4.69, 9.17) is 0 Å². The lowest BCUT2D eigenvalue weighted by Gasteiger charge is -2.45. The second-order valence-electron chi connectivity index (χ2n) is 6.14. The maximum Gasteiger partial charge on any atom is 0.0701 e. The summed E-state index contributed by atoms with van der Waals surface area (Å²) in [6.07, 6.45) is 6.76. The highest BCUT2D eigenvalue weighted by molar-refractivity contribution is 9.11. The maximum absolute atomic E-state index is 3.83. The molecule has 3 rings (SSSR count). The van der Waals surface area contributed by atoms with Gasteiger partial charge < -0.3 is 5.32 Å². The average Bonchev–Trinajstić information content (AvgIpc) is 3.01. The Morgan fingerprint density at radius 1 is 1.42 bits per heavy atom. The number of nitrogens with zero attached hydrogens (tertiary/aromatic N) is 1. The zero-order valence-electron chi connectivity index (χ0n) is 11.6. The third-order valence-corrected chi connectivity index (χ3v) is 6.42. The molecule has 1 aliphatic carbocycles. The molecule has 2 fully saturated rings. The van der Waals surface area contributed by atoms with E-state index in [0.717, 1.165) is 6.54 Å². The number of nitrogens with one attached hydrogen (secondary N) is 1. The van der Waals surface area contributed by atoms with Crippen LogP contribution in [0, 0.1) is 0 Å². The van der Waals surface area contributed by atoms with Crippen molar-refractivity contribution >= 4 is 27.3 Å². The van der Waals surface area contributed by atoms with Crippen LogP contribution in [0.2, 0.25) is 0 Å². The molecule has 1 aliphatic heterocycles. The fourth-order valence-electron chi connectivity index (χ4n) is 3.52. The Hall–Kier alpha value is 0.1000. The van der Waals surface area contributed by atoms with Gasteiger partial charge >= 0.3 is 0 Å². The summed E-state index contributed by atoms with van der Waals surface area (Å²) >= 11 is 5.43. The summed E-state index contributed by atoms with van der Waals surface area (Å²) in [6, 6.07) is 5.10. The van der Waals surface area contributed by atoms with Crippen LogP contribution in [0.25, 0.3) is 0 Å². The van der Waals surface area contributed by atoms with Crippen molar-refractivity contribution in [2.24, 2.45) is 0 Å². The van der Waals surface area contributed by atoms with Gasteiger partial charge in [-0.3, -0.25) is 4.90 Å². The maximum atomic E-state index is 3.83. The van der Waals surface area contributed by atoms with Crippen molar-refractivity contribution in [2.45, 2.75) is 50.6 Å². The van der Waals surface area contributed by atoms with Crippen molar-refractivity contribution in [3.05, 3.63) is 20.8 Å². The monoisotopic (exact) mass is 342 g/mol. The van der Waals surface area contributed by atoms with E-state index in [0.29, 0.717) is 11.6 Å². The molecule has 2 aliphatic rings. The van der Waals surface area contributed by atoms with Crippen LogP contribution in [-0.2, 0) is 6.42 Å². The molecule has 1 aromatic heterocycles. The highest BCUT2D eigenvalue weighted by Crippen LogP contribution is 2.33. The Labute approximate surface area is 128 Å². The lowest BCUT2D eigenvalue weighted by atomic mass is 9.92. The largest absolute Gasteiger partial charge is 0.308 e. The molecule has 0 bridgehead atoms. The molecule has 1 atom stereocenters. The van der Waals surface area contributed by atoms with E-state index < -0.39 is 0 Å². The smallest absolute Gasteiger partial charge is 0.0701 e. The molecular weight excluding hydrogens is 320 g/mol. The molecule has 4 heteroatoms. The fraction of sp³-hybridized carbons (Fsp3) is 0.733. The van der Waals surface area contributed by atoms with Crippen molar-refractivity contribution in [3.8, 4) is 0 Å². The summed E-state index contributed by atoms with van der Waals surface area (Å²) in [6.45, 7) is 5.98. The molecule has 0 aromatic carbocycles. The summed E-state index contributed by atoms with van der Waals surface area (Å²) < 4.78 is 1.25. The minimum Gasteiger partial charge on any atom is -0.308 e. The highest BCUT2D eigenvalue weighted by Gasteiger charge is 2.39. The Kier molecular flexibility index (Phi) is 4.32. The van der Waals surface area contributed by atoms with Crippen molar-refractivity contribution in [1.29, 1.82) is 0 Å². The van der Waals surface area contributed by atoms with Crippen LogP contribution in [0.15, 0.2) is 15.9 Å². The Morgan fingerprint density at radius 3 is 2.89 bits per heavy atom. The van der Waals surface area contributed by atoms with Gasteiger partial charge in [-0.25, -0.2) is 0 Å². The zero-order chi connectivity index (χ0) is 13.3. The van der Waals surface area contributed by atoms with Crippen LogP contribution in [0.5, 0.6) is 0 Å². The minimum atomic E-state index is 0.447. The number of hydrogen-bond acceptors (Lipinski definition) is 3. The van der Waals surface area contributed by atoms with Crippen LogP contribution >= 0.6 is 27.3 Å². The number of halogens is 1. The van der Waals surface area contributed by atoms with Gasteiger partial charge in [0.1, 0.15) is 0 Å². The summed E-state index contributed by atoms with van der Waals surface area (Å²) in [5.74, 6) is 0. The predicted octanol–water partition coefficient (Wildman–Crippen LogP) is 3.66. The molecule has 1 N–H and O–H groups in total. The summed E-state index contributed by atoms with van der Waals surface area (Å²) in [5, 5.41) is 3.83. The second kappa shape index (κ2) is 5.84. The first kappa shape index (κ1) is 14.1. The molecule has 1 unspecified atom stereocenters. The molecule has 2 heterocycles. The Morgan fingerprint density at radius 2 is 2.21 bits per heavy atom. The van der Waals surface area contributed by atoms with Crippen LogP contribution in [0.4, 0.5) is 0 Å². The van der Waals surface area contributed by atoms with E-state index in [2.05, 4.69) is 45.2 Å². The van der Waals surface area contributed by atoms with E-state index in [1.807, 2.05) is 11.3 Å². The highest BCUT2D eigenvalue weighted by atomic mass is 79.9. The van der Waals surface area contributed by atoms with Crippen LogP contribution in [-0.4, -0.2) is 36.1 Å². The Bertz CT molecular complexity index is 426. The molecule has 0 radical (unpaired) electrons. The Balaban J connectivity index is 1.59. The van der Waals surface area contributed by atoms with E-state index in [1.165, 1.54) is 53.9 Å². The van der Waals surface area contributed by atoms with Gasteiger partial charge in [0.25, 0.3) is 0 Å². The molecule has 1 spiro atoms. The SMILES string of the molecule is CC1CNC2(CCCC2)CN1CCc1ccc(Br)s1. The van der Waals surface area contributed by atoms with Gasteiger partial charge in [-0.2, -0.15) is 0 Å². The molecule has 1 aromatic rings. The normalized spacial score (nSPS) is 27.2. The van der Waals surface area contributed by atoms with E-state index in [1.54, 1.807) is 0 Å². The third-order valence-electron chi connectivity index (χ3n) is 4.74. The molecule has 1 saturated carbocycles. The van der Waals surface area contributed by atoms with Gasteiger partial charge in [-0.1, -0.05) is 12.8 Å². The number of piperazine rings is 1. The molecule has 1 saturated heterocycles. The fourth-order valence-corrected chi connectivity index (χ4v) is 4.99. The topological polar surface area (TPSA) is 15.3 Å². The predicted molar refractivity (Wildman–Crippen MR) is 86.0 cm³/mol. The van der Waals surface area contributed by atoms with E-state index in [9.17, 15) is 0 Å². The molecule has 106 valence electrons. The standard InChI is InChI=1S/C15H23BrN2S/c1-12-10-17-15(7-2-3-8-15)11-18(12)9-6-13-4-5-14(16)19-13/h4-5,12,17H,2-3,6-11H2,1H3. The second-order valence-corrected chi connectivity index (χ2v) is 8.69. The van der Waals surface area contributed by atoms with Crippen molar-refractivity contribution in [1.82, 2.24) is 10.2 Å². The van der Waals surface area contributed by atoms with Gasteiger partial charge in [0.05, 0.1) is 3.79 Å². The van der Waals surface area contributed by atoms with Gasteiger partial charge in [-0.05, 0) is 54.2 Å². The van der Waals surface area contributed by atoms with Crippen molar-refractivity contribution in [2.75, 3.05) is 19.6 Å². The van der Waals surface area contributed by atoms with Gasteiger partial charge in [0.2, 0.25) is 0 Å². The lowest BCUT2D eigenvalue weighted by molar-refractivity contribution is 0.0905. The summed E-state index contributed by atoms with van der Waals surface area (Å²) in [5.41, 5.74) is 0.447. The van der Waals surface area contributed by atoms with Gasteiger partial charge in [0.15, 0.2) is 0 Å².